The van der Waals surface area contributed by atoms with Crippen LogP contribution >= 0.6 is 0 Å². The third kappa shape index (κ3) is 4.88. The topological polar surface area (TPSA) is 58.2 Å². The smallest absolute Gasteiger partial charge is 0.383 e. The number of aromatic nitrogens is 2. The Kier molecular flexibility index (Phi) is 6.56. The molecule has 1 amide bonds. The molecule has 3 rings (SSSR count). The van der Waals surface area contributed by atoms with Crippen molar-refractivity contribution in [3.63, 3.8) is 0 Å². The van der Waals surface area contributed by atoms with E-state index in [1.54, 1.807) is 48.4 Å². The lowest BCUT2D eigenvalue weighted by Crippen LogP contribution is -2.33. The average molecular weight is 417 g/mol. The molecule has 0 aliphatic rings. The first kappa shape index (κ1) is 21.6. The number of likely N-dealkylation sites (N-methyl/N-ethyl adjacent to an activating group) is 1. The largest absolute Gasteiger partial charge is 0.416 e. The summed E-state index contributed by atoms with van der Waals surface area (Å²) in [6.45, 7) is 3.45. The summed E-state index contributed by atoms with van der Waals surface area (Å²) in [5.74, 6) is -0.0876. The van der Waals surface area contributed by atoms with Crippen LogP contribution in [0.15, 0.2) is 54.6 Å². The summed E-state index contributed by atoms with van der Waals surface area (Å²) >= 11 is 0. The fraction of sp³-hybridized carbons (Fsp3) is 0.273. The van der Waals surface area contributed by atoms with Crippen LogP contribution in [0.25, 0.3) is 22.5 Å². The number of nitrogens with zero attached hydrogens (tertiary/aromatic N) is 2. The molecule has 5 nitrogen and oxygen atoms in total. The van der Waals surface area contributed by atoms with Crippen molar-refractivity contribution in [3.05, 3.63) is 65.7 Å². The molecule has 0 fully saturated rings. The van der Waals surface area contributed by atoms with E-state index in [1.165, 1.54) is 6.07 Å². The second-order valence-corrected chi connectivity index (χ2v) is 6.70. The standard InChI is InChI=1S/C22H22F3N3O2/c1-3-28(11-12-30-2)21(29)16-9-7-15(8-10-16)19-14-20(27-26-19)17-5-4-6-18(13-17)22(23,24)25/h4-10,13-14H,3,11-12H2,1-2H3,(H,26,27). The van der Waals surface area contributed by atoms with Crippen molar-refractivity contribution in [3.8, 4) is 22.5 Å². The van der Waals surface area contributed by atoms with Gasteiger partial charge in [0.05, 0.1) is 23.6 Å². The molecule has 0 aliphatic carbocycles. The van der Waals surface area contributed by atoms with Crippen LogP contribution in [0.4, 0.5) is 13.2 Å². The highest BCUT2D eigenvalue weighted by Crippen LogP contribution is 2.32. The number of halogens is 3. The molecule has 1 heterocycles. The maximum absolute atomic E-state index is 12.9. The number of rotatable bonds is 7. The summed E-state index contributed by atoms with van der Waals surface area (Å²) in [6, 6.07) is 13.7. The Bertz CT molecular complexity index is 997. The Hall–Kier alpha value is -3.13. The Morgan fingerprint density at radius 1 is 1.10 bits per heavy atom. The molecule has 3 aromatic rings. The number of H-pyrrole nitrogens is 1. The van der Waals surface area contributed by atoms with E-state index in [2.05, 4.69) is 10.2 Å². The molecule has 2 aromatic carbocycles. The van der Waals surface area contributed by atoms with Crippen LogP contribution in [0.2, 0.25) is 0 Å². The van der Waals surface area contributed by atoms with Gasteiger partial charge in [-0.3, -0.25) is 9.89 Å². The van der Waals surface area contributed by atoms with Crippen LogP contribution < -0.4 is 0 Å². The zero-order valence-electron chi connectivity index (χ0n) is 16.7. The lowest BCUT2D eigenvalue weighted by atomic mass is 10.1. The lowest BCUT2D eigenvalue weighted by molar-refractivity contribution is -0.137. The predicted octanol–water partition coefficient (Wildman–Crippen LogP) is 4.87. The van der Waals surface area contributed by atoms with E-state index < -0.39 is 11.7 Å². The summed E-state index contributed by atoms with van der Waals surface area (Å²) in [5.41, 5.74) is 2.03. The molecule has 1 aromatic heterocycles. The molecule has 0 saturated carbocycles. The van der Waals surface area contributed by atoms with Gasteiger partial charge in [0.15, 0.2) is 0 Å². The number of carbonyl (C=O) groups is 1. The molecule has 1 N–H and O–H groups in total. The first-order valence-corrected chi connectivity index (χ1v) is 9.45. The van der Waals surface area contributed by atoms with Gasteiger partial charge in [0.1, 0.15) is 0 Å². The van der Waals surface area contributed by atoms with E-state index in [0.717, 1.165) is 17.7 Å². The van der Waals surface area contributed by atoms with Crippen molar-refractivity contribution in [2.24, 2.45) is 0 Å². The minimum absolute atomic E-state index is 0.0876. The molecule has 0 atom stereocenters. The minimum Gasteiger partial charge on any atom is -0.383 e. The summed E-state index contributed by atoms with van der Waals surface area (Å²) in [4.78, 5) is 14.3. The van der Waals surface area contributed by atoms with Crippen molar-refractivity contribution in [1.82, 2.24) is 15.1 Å². The van der Waals surface area contributed by atoms with Gasteiger partial charge >= 0.3 is 6.18 Å². The molecule has 30 heavy (non-hydrogen) atoms. The highest BCUT2D eigenvalue weighted by atomic mass is 19.4. The van der Waals surface area contributed by atoms with Gasteiger partial charge in [0.2, 0.25) is 0 Å². The summed E-state index contributed by atoms with van der Waals surface area (Å²) in [7, 11) is 1.59. The van der Waals surface area contributed by atoms with E-state index >= 15 is 0 Å². The molecule has 158 valence electrons. The number of benzene rings is 2. The third-order valence-electron chi connectivity index (χ3n) is 4.74. The fourth-order valence-electron chi connectivity index (χ4n) is 3.05. The van der Waals surface area contributed by atoms with Crippen LogP contribution in [-0.2, 0) is 10.9 Å². The maximum Gasteiger partial charge on any atom is 0.416 e. The molecule has 0 bridgehead atoms. The van der Waals surface area contributed by atoms with Crippen LogP contribution in [0.3, 0.4) is 0 Å². The van der Waals surface area contributed by atoms with Crippen LogP contribution in [0.1, 0.15) is 22.8 Å². The Morgan fingerprint density at radius 3 is 2.47 bits per heavy atom. The number of alkyl halides is 3. The van der Waals surface area contributed by atoms with Gasteiger partial charge in [0.25, 0.3) is 5.91 Å². The van der Waals surface area contributed by atoms with E-state index in [1.807, 2.05) is 6.92 Å². The fourth-order valence-corrected chi connectivity index (χ4v) is 3.05. The normalized spacial score (nSPS) is 11.5. The highest BCUT2D eigenvalue weighted by molar-refractivity contribution is 5.94. The number of ether oxygens (including phenoxy) is 1. The monoisotopic (exact) mass is 417 g/mol. The first-order valence-electron chi connectivity index (χ1n) is 9.45. The number of hydrogen-bond acceptors (Lipinski definition) is 3. The second-order valence-electron chi connectivity index (χ2n) is 6.70. The Morgan fingerprint density at radius 2 is 1.83 bits per heavy atom. The molecular weight excluding hydrogens is 395 g/mol. The highest BCUT2D eigenvalue weighted by Gasteiger charge is 2.30. The molecule has 8 heteroatoms. The third-order valence-corrected chi connectivity index (χ3v) is 4.74. The van der Waals surface area contributed by atoms with Gasteiger partial charge in [0, 0.05) is 31.3 Å². The van der Waals surface area contributed by atoms with Gasteiger partial charge in [-0.25, -0.2) is 0 Å². The number of amides is 1. The van der Waals surface area contributed by atoms with Crippen molar-refractivity contribution < 1.29 is 22.7 Å². The van der Waals surface area contributed by atoms with Gasteiger partial charge < -0.3 is 9.64 Å². The minimum atomic E-state index is -4.41. The lowest BCUT2D eigenvalue weighted by Gasteiger charge is -2.20. The SMILES string of the molecule is CCN(CCOC)C(=O)c1ccc(-c2cc(-c3cccc(C(F)(F)F)c3)n[nH]2)cc1. The molecule has 0 saturated heterocycles. The molecular formula is C22H22F3N3O2. The summed E-state index contributed by atoms with van der Waals surface area (Å²) < 4.78 is 43.9. The molecule has 0 unspecified atom stereocenters. The second kappa shape index (κ2) is 9.13. The first-order chi connectivity index (χ1) is 14.3. The van der Waals surface area contributed by atoms with Crippen LogP contribution in [0, 0.1) is 0 Å². The Balaban J connectivity index is 1.79. The van der Waals surface area contributed by atoms with Crippen LogP contribution in [-0.4, -0.2) is 47.8 Å². The number of hydrogen-bond donors (Lipinski definition) is 1. The molecule has 0 spiro atoms. The van der Waals surface area contributed by atoms with Crippen molar-refractivity contribution >= 4 is 5.91 Å². The number of methoxy groups -OCH3 is 1. The zero-order valence-corrected chi connectivity index (χ0v) is 16.7. The predicted molar refractivity (Wildman–Crippen MR) is 108 cm³/mol. The number of nitrogens with one attached hydrogen (secondary N) is 1. The van der Waals surface area contributed by atoms with Gasteiger partial charge in [-0.1, -0.05) is 24.3 Å². The van der Waals surface area contributed by atoms with E-state index in [-0.39, 0.29) is 5.91 Å². The van der Waals surface area contributed by atoms with Gasteiger partial charge in [-0.05, 0) is 42.8 Å². The van der Waals surface area contributed by atoms with E-state index in [0.29, 0.717) is 42.2 Å². The quantitative estimate of drug-likeness (QED) is 0.597. The van der Waals surface area contributed by atoms with Crippen molar-refractivity contribution in [2.45, 2.75) is 13.1 Å². The molecule has 0 radical (unpaired) electrons. The van der Waals surface area contributed by atoms with Crippen molar-refractivity contribution in [2.75, 3.05) is 26.8 Å². The van der Waals surface area contributed by atoms with E-state index in [9.17, 15) is 18.0 Å². The Labute approximate surface area is 172 Å². The van der Waals surface area contributed by atoms with Gasteiger partial charge in [-0.15, -0.1) is 0 Å². The van der Waals surface area contributed by atoms with E-state index in [4.69, 9.17) is 4.74 Å². The van der Waals surface area contributed by atoms with Crippen LogP contribution in [0.5, 0.6) is 0 Å². The molecule has 0 aliphatic heterocycles. The summed E-state index contributed by atoms with van der Waals surface area (Å²) in [6.07, 6.45) is -4.41. The number of aromatic amines is 1. The zero-order chi connectivity index (χ0) is 21.7. The van der Waals surface area contributed by atoms with Gasteiger partial charge in [-0.2, -0.15) is 18.3 Å². The maximum atomic E-state index is 12.9. The average Bonchev–Trinajstić information content (AvgIpc) is 3.24. The number of carbonyl (C=O) groups excluding carboxylic acids is 1. The van der Waals surface area contributed by atoms with Crippen molar-refractivity contribution in [1.29, 1.82) is 0 Å². The summed E-state index contributed by atoms with van der Waals surface area (Å²) in [5, 5.41) is 6.98.